The van der Waals surface area contributed by atoms with Crippen LogP contribution in [0.15, 0.2) is 66.9 Å². The Labute approximate surface area is 147 Å². The zero-order valence-electron chi connectivity index (χ0n) is 14.1. The fourth-order valence-electron chi connectivity index (χ4n) is 2.72. The lowest BCUT2D eigenvalue weighted by atomic mass is 9.95. The van der Waals surface area contributed by atoms with Crippen LogP contribution in [0.1, 0.15) is 18.4 Å². The van der Waals surface area contributed by atoms with E-state index in [1.54, 1.807) is 13.3 Å². The van der Waals surface area contributed by atoms with E-state index in [4.69, 9.17) is 10.1 Å². The highest BCUT2D eigenvalue weighted by Gasteiger charge is 2.51. The molecule has 0 aliphatic heterocycles. The van der Waals surface area contributed by atoms with E-state index < -0.39 is 5.41 Å². The maximum Gasteiger partial charge on any atom is 0.236 e. The highest BCUT2D eigenvalue weighted by Crippen LogP contribution is 2.48. The Hall–Kier alpha value is -3.08. The lowest BCUT2D eigenvalue weighted by Gasteiger charge is -2.15. The Balaban J connectivity index is 1.58. The van der Waals surface area contributed by atoms with E-state index >= 15 is 0 Å². The monoisotopic (exact) mass is 335 g/mol. The van der Waals surface area contributed by atoms with Gasteiger partial charge in [0.2, 0.25) is 5.91 Å². The number of methoxy groups -OCH3 is 1. The van der Waals surface area contributed by atoms with Crippen molar-refractivity contribution in [3.8, 4) is 5.75 Å². The summed E-state index contributed by atoms with van der Waals surface area (Å²) >= 11 is 0. The highest BCUT2D eigenvalue weighted by atomic mass is 16.5. The van der Waals surface area contributed by atoms with Gasteiger partial charge in [0, 0.05) is 11.9 Å². The fourth-order valence-corrected chi connectivity index (χ4v) is 2.72. The quantitative estimate of drug-likeness (QED) is 0.559. The van der Waals surface area contributed by atoms with E-state index in [9.17, 15) is 4.79 Å². The van der Waals surface area contributed by atoms with Crippen LogP contribution in [-0.4, -0.2) is 18.9 Å². The third kappa shape index (κ3) is 3.88. The molecule has 2 aromatic rings. The topological polar surface area (TPSA) is 74.2 Å². The molecule has 0 bridgehead atoms. The smallest absolute Gasteiger partial charge is 0.236 e. The normalized spacial score (nSPS) is 14.8. The predicted octanol–water partition coefficient (Wildman–Crippen LogP) is 3.45. The van der Waals surface area contributed by atoms with Crippen molar-refractivity contribution in [1.82, 2.24) is 5.32 Å². The molecule has 5 nitrogen and oxygen atoms in total. The van der Waals surface area contributed by atoms with E-state index in [0.29, 0.717) is 0 Å². The molecule has 2 aromatic carbocycles. The molecule has 0 atom stereocenters. The first kappa shape index (κ1) is 16.8. The van der Waals surface area contributed by atoms with Gasteiger partial charge in [0.1, 0.15) is 11.6 Å². The maximum absolute atomic E-state index is 12.6. The van der Waals surface area contributed by atoms with Crippen molar-refractivity contribution < 1.29 is 9.53 Å². The minimum absolute atomic E-state index is 0.0632. The molecule has 128 valence electrons. The van der Waals surface area contributed by atoms with Crippen LogP contribution in [0.5, 0.6) is 5.75 Å². The number of carbonyl (C=O) groups is 1. The van der Waals surface area contributed by atoms with Gasteiger partial charge in [-0.3, -0.25) is 10.2 Å². The van der Waals surface area contributed by atoms with Gasteiger partial charge in [-0.15, -0.1) is 0 Å². The predicted molar refractivity (Wildman–Crippen MR) is 99.0 cm³/mol. The van der Waals surface area contributed by atoms with E-state index in [2.05, 4.69) is 10.6 Å². The Kier molecular flexibility index (Phi) is 4.84. The minimum atomic E-state index is -0.515. The first-order valence-corrected chi connectivity index (χ1v) is 8.17. The van der Waals surface area contributed by atoms with Crippen LogP contribution < -0.4 is 15.4 Å². The van der Waals surface area contributed by atoms with Gasteiger partial charge in [-0.1, -0.05) is 30.3 Å². The standard InChI is InChI=1S/C20H21N3O2/c1-25-17-9-7-15(8-10-17)20(12-13-20)19(24)23-18(21)11-14-22-16-5-3-2-4-6-16/h2-11,14,22H,12-13H2,1H3,(H2,21,23,24)/b14-11-. The lowest BCUT2D eigenvalue weighted by molar-refractivity contribution is -0.122. The largest absolute Gasteiger partial charge is 0.497 e. The highest BCUT2D eigenvalue weighted by molar-refractivity contribution is 6.07. The zero-order chi connectivity index (χ0) is 17.7. The van der Waals surface area contributed by atoms with Crippen LogP contribution in [0, 0.1) is 5.41 Å². The fraction of sp³-hybridized carbons (Fsp3) is 0.200. The van der Waals surface area contributed by atoms with Gasteiger partial charge in [-0.05, 0) is 48.7 Å². The third-order valence-electron chi connectivity index (χ3n) is 4.35. The summed E-state index contributed by atoms with van der Waals surface area (Å²) in [6.07, 6.45) is 4.77. The average molecular weight is 335 g/mol. The first-order valence-electron chi connectivity index (χ1n) is 8.17. The molecule has 3 rings (SSSR count). The SMILES string of the molecule is COc1ccc(C2(C(=O)NC(=N)/C=C\Nc3ccccc3)CC2)cc1. The summed E-state index contributed by atoms with van der Waals surface area (Å²) < 4.78 is 5.16. The molecular weight excluding hydrogens is 314 g/mol. The number of hydrogen-bond donors (Lipinski definition) is 3. The molecular formula is C20H21N3O2. The van der Waals surface area contributed by atoms with E-state index in [1.807, 2.05) is 54.6 Å². The number of anilines is 1. The van der Waals surface area contributed by atoms with Crippen molar-refractivity contribution in [1.29, 1.82) is 5.41 Å². The van der Waals surface area contributed by atoms with Crippen molar-refractivity contribution in [3.63, 3.8) is 0 Å². The summed E-state index contributed by atoms with van der Waals surface area (Å²) in [5.74, 6) is 0.697. The molecule has 1 saturated carbocycles. The number of benzene rings is 2. The second-order valence-corrected chi connectivity index (χ2v) is 6.02. The molecule has 5 heteroatoms. The number of ether oxygens (including phenoxy) is 1. The van der Waals surface area contributed by atoms with Crippen molar-refractivity contribution >= 4 is 17.4 Å². The number of amidine groups is 1. The molecule has 0 heterocycles. The number of para-hydroxylation sites is 1. The van der Waals surface area contributed by atoms with E-state index in [0.717, 1.165) is 29.8 Å². The summed E-state index contributed by atoms with van der Waals surface area (Å²) in [6, 6.07) is 17.2. The molecule has 1 aliphatic carbocycles. The van der Waals surface area contributed by atoms with Gasteiger partial charge < -0.3 is 15.4 Å². The van der Waals surface area contributed by atoms with E-state index in [-0.39, 0.29) is 11.7 Å². The molecule has 0 aromatic heterocycles. The maximum atomic E-state index is 12.6. The van der Waals surface area contributed by atoms with E-state index in [1.165, 1.54) is 6.08 Å². The summed E-state index contributed by atoms with van der Waals surface area (Å²) in [4.78, 5) is 12.6. The van der Waals surface area contributed by atoms with Gasteiger partial charge in [-0.2, -0.15) is 0 Å². The second-order valence-electron chi connectivity index (χ2n) is 6.02. The van der Waals surface area contributed by atoms with Gasteiger partial charge in [0.25, 0.3) is 0 Å². The first-order chi connectivity index (χ1) is 12.1. The van der Waals surface area contributed by atoms with Gasteiger partial charge in [-0.25, -0.2) is 0 Å². The lowest BCUT2D eigenvalue weighted by Crippen LogP contribution is -2.37. The second kappa shape index (κ2) is 7.21. The van der Waals surface area contributed by atoms with Crippen LogP contribution in [-0.2, 0) is 10.2 Å². The number of carbonyl (C=O) groups excluding carboxylic acids is 1. The average Bonchev–Trinajstić information content (AvgIpc) is 3.45. The van der Waals surface area contributed by atoms with Gasteiger partial charge in [0.15, 0.2) is 0 Å². The minimum Gasteiger partial charge on any atom is -0.497 e. The number of hydrogen-bond acceptors (Lipinski definition) is 4. The van der Waals surface area contributed by atoms with Crippen LogP contribution in [0.3, 0.4) is 0 Å². The van der Waals surface area contributed by atoms with Crippen LogP contribution in [0.25, 0.3) is 0 Å². The summed E-state index contributed by atoms with van der Waals surface area (Å²) in [7, 11) is 1.62. The van der Waals surface area contributed by atoms with Crippen LogP contribution >= 0.6 is 0 Å². The third-order valence-corrected chi connectivity index (χ3v) is 4.35. The van der Waals surface area contributed by atoms with Gasteiger partial charge in [0.05, 0.1) is 12.5 Å². The Morgan fingerprint density at radius 2 is 1.80 bits per heavy atom. The molecule has 1 fully saturated rings. The molecule has 25 heavy (non-hydrogen) atoms. The number of rotatable bonds is 6. The molecule has 1 aliphatic rings. The number of nitrogens with one attached hydrogen (secondary N) is 3. The molecule has 0 unspecified atom stereocenters. The van der Waals surface area contributed by atoms with Crippen molar-refractivity contribution in [2.24, 2.45) is 0 Å². The van der Waals surface area contributed by atoms with Crippen molar-refractivity contribution in [2.75, 3.05) is 12.4 Å². The van der Waals surface area contributed by atoms with Crippen LogP contribution in [0.4, 0.5) is 5.69 Å². The van der Waals surface area contributed by atoms with Gasteiger partial charge >= 0.3 is 0 Å². The Morgan fingerprint density at radius 3 is 2.40 bits per heavy atom. The molecule has 0 saturated heterocycles. The summed E-state index contributed by atoms with van der Waals surface area (Å²) in [5.41, 5.74) is 1.37. The van der Waals surface area contributed by atoms with Crippen LogP contribution in [0.2, 0.25) is 0 Å². The molecule has 0 spiro atoms. The zero-order valence-corrected chi connectivity index (χ0v) is 14.1. The summed E-state index contributed by atoms with van der Waals surface area (Å²) in [6.45, 7) is 0. The molecule has 1 amide bonds. The molecule has 3 N–H and O–H groups in total. The van der Waals surface area contributed by atoms with Crippen molar-refractivity contribution in [3.05, 3.63) is 72.4 Å². The molecule has 0 radical (unpaired) electrons. The Bertz CT molecular complexity index is 778. The summed E-state index contributed by atoms with van der Waals surface area (Å²) in [5, 5.41) is 13.7. The van der Waals surface area contributed by atoms with Crippen molar-refractivity contribution in [2.45, 2.75) is 18.3 Å². The Morgan fingerprint density at radius 1 is 1.12 bits per heavy atom. The number of amides is 1.